The van der Waals surface area contributed by atoms with Crippen LogP contribution >= 0.6 is 11.8 Å². The van der Waals surface area contributed by atoms with Crippen LogP contribution in [-0.4, -0.2) is 28.4 Å². The molecule has 1 atom stereocenters. The summed E-state index contributed by atoms with van der Waals surface area (Å²) in [6, 6.07) is 20.7. The normalized spacial score (nSPS) is 18.7. The van der Waals surface area contributed by atoms with Gasteiger partial charge in [0.25, 0.3) is 0 Å². The van der Waals surface area contributed by atoms with Crippen LogP contribution in [-0.2, 0) is 6.54 Å². The highest BCUT2D eigenvalue weighted by molar-refractivity contribution is 8.14. The Labute approximate surface area is 142 Å². The number of piperidine rings is 1. The van der Waals surface area contributed by atoms with Gasteiger partial charge in [-0.15, -0.1) is 0 Å². The van der Waals surface area contributed by atoms with Crippen LogP contribution in [0.1, 0.15) is 35.2 Å². The number of nitrogens with zero attached hydrogens (tertiary/aromatic N) is 1. The molecule has 1 aliphatic heterocycles. The maximum atomic E-state index is 12.3. The molecule has 0 amide bonds. The predicted octanol–water partition coefficient (Wildman–Crippen LogP) is 4.61. The standard InChI is InChI=1S/C20H23NOS/c22-20(18-11-5-2-6-12-18)23-16-19-13-7-8-14-21(19)15-17-9-3-1-4-10-17/h1-6,9-12,19H,7-8,13-16H2. The van der Waals surface area contributed by atoms with E-state index in [1.54, 1.807) is 0 Å². The Morgan fingerprint density at radius 1 is 1.00 bits per heavy atom. The lowest BCUT2D eigenvalue weighted by molar-refractivity contribution is 0.108. The third-order valence-corrected chi connectivity index (χ3v) is 5.44. The van der Waals surface area contributed by atoms with Gasteiger partial charge < -0.3 is 0 Å². The SMILES string of the molecule is O=C(SCC1CCCCN1Cc1ccccc1)c1ccccc1. The van der Waals surface area contributed by atoms with E-state index < -0.39 is 0 Å². The van der Waals surface area contributed by atoms with Crippen LogP contribution < -0.4 is 0 Å². The fourth-order valence-corrected chi connectivity index (χ4v) is 4.13. The fourth-order valence-electron chi connectivity index (χ4n) is 3.10. The molecule has 0 saturated carbocycles. The summed E-state index contributed by atoms with van der Waals surface area (Å²) < 4.78 is 0. The maximum absolute atomic E-state index is 12.3. The molecule has 1 aliphatic rings. The van der Waals surface area contributed by atoms with E-state index in [0.29, 0.717) is 6.04 Å². The number of hydrogen-bond donors (Lipinski definition) is 0. The Hall–Kier alpha value is -1.58. The van der Waals surface area contributed by atoms with E-state index in [0.717, 1.165) is 24.4 Å². The molecule has 0 radical (unpaired) electrons. The first-order valence-corrected chi connectivity index (χ1v) is 9.31. The summed E-state index contributed by atoms with van der Waals surface area (Å²) in [6.45, 7) is 2.13. The highest BCUT2D eigenvalue weighted by atomic mass is 32.2. The molecule has 1 saturated heterocycles. The summed E-state index contributed by atoms with van der Waals surface area (Å²) in [5, 5.41) is 0.191. The number of hydrogen-bond acceptors (Lipinski definition) is 3. The van der Waals surface area contributed by atoms with Gasteiger partial charge in [0, 0.05) is 23.9 Å². The van der Waals surface area contributed by atoms with Gasteiger partial charge in [0.05, 0.1) is 0 Å². The van der Waals surface area contributed by atoms with Crippen molar-refractivity contribution in [2.75, 3.05) is 12.3 Å². The molecule has 2 nitrogen and oxygen atoms in total. The van der Waals surface area contributed by atoms with E-state index in [-0.39, 0.29) is 5.12 Å². The van der Waals surface area contributed by atoms with E-state index in [1.807, 2.05) is 30.3 Å². The number of thioether (sulfide) groups is 1. The molecule has 1 heterocycles. The van der Waals surface area contributed by atoms with Crippen molar-refractivity contribution in [2.24, 2.45) is 0 Å². The van der Waals surface area contributed by atoms with Crippen LogP contribution in [0.5, 0.6) is 0 Å². The van der Waals surface area contributed by atoms with E-state index in [4.69, 9.17) is 0 Å². The molecule has 0 spiro atoms. The average Bonchev–Trinajstić information content (AvgIpc) is 2.62. The minimum atomic E-state index is 0.191. The van der Waals surface area contributed by atoms with Gasteiger partial charge in [-0.3, -0.25) is 9.69 Å². The number of rotatable bonds is 5. The van der Waals surface area contributed by atoms with Gasteiger partial charge in [-0.25, -0.2) is 0 Å². The fraction of sp³-hybridized carbons (Fsp3) is 0.350. The van der Waals surface area contributed by atoms with Crippen molar-refractivity contribution in [3.63, 3.8) is 0 Å². The second-order valence-corrected chi connectivity index (χ2v) is 7.06. The first-order valence-electron chi connectivity index (χ1n) is 8.33. The van der Waals surface area contributed by atoms with Crippen LogP contribution in [0.3, 0.4) is 0 Å². The molecule has 1 fully saturated rings. The number of carbonyl (C=O) groups is 1. The van der Waals surface area contributed by atoms with E-state index >= 15 is 0 Å². The third-order valence-electron chi connectivity index (χ3n) is 4.39. The first-order chi connectivity index (χ1) is 11.3. The Kier molecular flexibility index (Phi) is 5.89. The lowest BCUT2D eigenvalue weighted by Crippen LogP contribution is -2.40. The molecular weight excluding hydrogens is 302 g/mol. The molecule has 0 N–H and O–H groups in total. The molecule has 1 unspecified atom stereocenters. The highest BCUT2D eigenvalue weighted by Gasteiger charge is 2.23. The van der Waals surface area contributed by atoms with E-state index in [1.165, 1.54) is 36.6 Å². The van der Waals surface area contributed by atoms with Gasteiger partial charge in [0.15, 0.2) is 0 Å². The smallest absolute Gasteiger partial charge is 0.219 e. The quantitative estimate of drug-likeness (QED) is 0.800. The molecule has 3 heteroatoms. The molecular formula is C20H23NOS. The summed E-state index contributed by atoms with van der Waals surface area (Å²) in [6.07, 6.45) is 3.73. The number of carbonyl (C=O) groups excluding carboxylic acids is 1. The van der Waals surface area contributed by atoms with Crippen LogP contribution in [0, 0.1) is 0 Å². The molecule has 0 aromatic heterocycles. The van der Waals surface area contributed by atoms with E-state index in [2.05, 4.69) is 35.2 Å². The van der Waals surface area contributed by atoms with Crippen molar-refractivity contribution in [1.82, 2.24) is 4.90 Å². The predicted molar refractivity (Wildman–Crippen MR) is 97.7 cm³/mol. The topological polar surface area (TPSA) is 20.3 Å². The molecule has 2 aromatic rings. The molecule has 120 valence electrons. The van der Waals surface area contributed by atoms with Gasteiger partial charge in [-0.2, -0.15) is 0 Å². The van der Waals surface area contributed by atoms with E-state index in [9.17, 15) is 4.79 Å². The van der Waals surface area contributed by atoms with Crippen LogP contribution in [0.15, 0.2) is 60.7 Å². The van der Waals surface area contributed by atoms with Crippen LogP contribution in [0.4, 0.5) is 0 Å². The Morgan fingerprint density at radius 3 is 2.43 bits per heavy atom. The zero-order valence-corrected chi connectivity index (χ0v) is 14.2. The summed E-state index contributed by atoms with van der Waals surface area (Å²) in [5.74, 6) is 0.889. The summed E-state index contributed by atoms with van der Waals surface area (Å²) >= 11 is 1.47. The number of benzene rings is 2. The monoisotopic (exact) mass is 325 g/mol. The molecule has 2 aromatic carbocycles. The lowest BCUT2D eigenvalue weighted by atomic mass is 10.0. The molecule has 0 aliphatic carbocycles. The van der Waals surface area contributed by atoms with Crippen molar-refractivity contribution in [3.8, 4) is 0 Å². The third kappa shape index (κ3) is 4.69. The van der Waals surface area contributed by atoms with Crippen molar-refractivity contribution in [1.29, 1.82) is 0 Å². The first kappa shape index (κ1) is 16.3. The largest absolute Gasteiger partial charge is 0.295 e. The molecule has 3 rings (SSSR count). The minimum Gasteiger partial charge on any atom is -0.295 e. The maximum Gasteiger partial charge on any atom is 0.219 e. The Balaban J connectivity index is 1.57. The van der Waals surface area contributed by atoms with Gasteiger partial charge in [0.2, 0.25) is 5.12 Å². The van der Waals surface area contributed by atoms with Gasteiger partial charge >= 0.3 is 0 Å². The second kappa shape index (κ2) is 8.32. The van der Waals surface area contributed by atoms with Crippen molar-refractivity contribution in [2.45, 2.75) is 31.8 Å². The van der Waals surface area contributed by atoms with Crippen molar-refractivity contribution >= 4 is 16.9 Å². The lowest BCUT2D eigenvalue weighted by Gasteiger charge is -2.35. The zero-order chi connectivity index (χ0) is 15.9. The van der Waals surface area contributed by atoms with Gasteiger partial charge in [-0.1, -0.05) is 78.8 Å². The van der Waals surface area contributed by atoms with Crippen molar-refractivity contribution < 1.29 is 4.79 Å². The second-order valence-electron chi connectivity index (χ2n) is 6.07. The van der Waals surface area contributed by atoms with Gasteiger partial charge in [0.1, 0.15) is 0 Å². The Bertz CT molecular complexity index is 614. The summed E-state index contributed by atoms with van der Waals surface area (Å²) in [4.78, 5) is 14.8. The van der Waals surface area contributed by atoms with Crippen LogP contribution in [0.25, 0.3) is 0 Å². The van der Waals surface area contributed by atoms with Crippen LogP contribution in [0.2, 0.25) is 0 Å². The highest BCUT2D eigenvalue weighted by Crippen LogP contribution is 2.24. The minimum absolute atomic E-state index is 0.191. The summed E-state index contributed by atoms with van der Waals surface area (Å²) in [7, 11) is 0. The number of likely N-dealkylation sites (tertiary alicyclic amines) is 1. The van der Waals surface area contributed by atoms with Crippen molar-refractivity contribution in [3.05, 3.63) is 71.8 Å². The average molecular weight is 325 g/mol. The van der Waals surface area contributed by atoms with Gasteiger partial charge in [-0.05, 0) is 24.9 Å². The Morgan fingerprint density at radius 2 is 1.70 bits per heavy atom. The molecule has 23 heavy (non-hydrogen) atoms. The molecule has 0 bridgehead atoms. The zero-order valence-electron chi connectivity index (χ0n) is 13.4. The summed E-state index contributed by atoms with van der Waals surface area (Å²) in [5.41, 5.74) is 2.17.